The maximum atomic E-state index is 12.5. The third-order valence-electron chi connectivity index (χ3n) is 7.00. The number of hydrogen-bond donors (Lipinski definition) is 1. The van der Waals surface area contributed by atoms with Crippen LogP contribution in [0.3, 0.4) is 0 Å². The number of Topliss-reactive ketones (excluding diaryl/α,β-unsaturated/α-hetero) is 1. The van der Waals surface area contributed by atoms with Gasteiger partial charge in [-0.3, -0.25) is 4.79 Å². The molecule has 0 aromatic heterocycles. The van der Waals surface area contributed by atoms with Crippen molar-refractivity contribution in [3.8, 4) is 0 Å². The van der Waals surface area contributed by atoms with E-state index in [9.17, 15) is 9.90 Å². The van der Waals surface area contributed by atoms with Crippen LogP contribution in [-0.4, -0.2) is 29.7 Å². The standard InChI is InChI=1S/C21H30O3/c1-7-15-14(10-17(22)19(15,3)4)18(24-6)16-8-9-20(5)12-21(16,23)11-13(20)2/h7,16,18,23H,1-2,8-12H2,3-6H3/t16-,18+,20-,21+/m0/s1. The fourth-order valence-electron chi connectivity index (χ4n) is 5.38. The fourth-order valence-corrected chi connectivity index (χ4v) is 5.38. The smallest absolute Gasteiger partial charge is 0.146 e. The molecular weight excluding hydrogens is 300 g/mol. The number of hydrogen-bond acceptors (Lipinski definition) is 3. The van der Waals surface area contributed by atoms with E-state index >= 15 is 0 Å². The topological polar surface area (TPSA) is 46.5 Å². The van der Waals surface area contributed by atoms with E-state index in [-0.39, 0.29) is 23.2 Å². The molecule has 24 heavy (non-hydrogen) atoms. The summed E-state index contributed by atoms with van der Waals surface area (Å²) in [5, 5.41) is 11.4. The van der Waals surface area contributed by atoms with Crippen LogP contribution in [0.2, 0.25) is 0 Å². The fraction of sp³-hybridized carbons (Fsp3) is 0.667. The van der Waals surface area contributed by atoms with Crippen LogP contribution in [0.1, 0.15) is 52.9 Å². The number of rotatable bonds is 4. The second-order valence-corrected chi connectivity index (χ2v) is 8.79. The minimum atomic E-state index is -0.778. The van der Waals surface area contributed by atoms with Gasteiger partial charge in [-0.2, -0.15) is 0 Å². The molecule has 0 amide bonds. The van der Waals surface area contributed by atoms with Crippen molar-refractivity contribution < 1.29 is 14.6 Å². The number of allylic oxidation sites excluding steroid dienone is 2. The van der Waals surface area contributed by atoms with Gasteiger partial charge < -0.3 is 9.84 Å². The lowest BCUT2D eigenvalue weighted by molar-refractivity contribution is -0.124. The highest BCUT2D eigenvalue weighted by Crippen LogP contribution is 2.60. The van der Waals surface area contributed by atoms with Gasteiger partial charge in [0.1, 0.15) is 5.78 Å². The quantitative estimate of drug-likeness (QED) is 0.793. The predicted molar refractivity (Wildman–Crippen MR) is 95.6 cm³/mol. The lowest BCUT2D eigenvalue weighted by Crippen LogP contribution is -2.47. The first-order chi connectivity index (χ1) is 11.1. The second-order valence-electron chi connectivity index (χ2n) is 8.79. The molecule has 2 saturated carbocycles. The highest BCUT2D eigenvalue weighted by Gasteiger charge is 2.58. The van der Waals surface area contributed by atoms with E-state index in [1.807, 2.05) is 13.8 Å². The van der Waals surface area contributed by atoms with Crippen LogP contribution in [0.25, 0.3) is 0 Å². The van der Waals surface area contributed by atoms with Gasteiger partial charge in [-0.1, -0.05) is 31.7 Å². The Morgan fingerprint density at radius 3 is 2.62 bits per heavy atom. The molecule has 0 radical (unpaired) electrons. The zero-order valence-corrected chi connectivity index (χ0v) is 15.4. The van der Waals surface area contributed by atoms with Gasteiger partial charge in [0.25, 0.3) is 0 Å². The molecule has 4 atom stereocenters. The molecule has 0 unspecified atom stereocenters. The summed E-state index contributed by atoms with van der Waals surface area (Å²) in [5.74, 6) is 0.208. The number of ether oxygens (including phenoxy) is 1. The van der Waals surface area contributed by atoms with E-state index in [0.29, 0.717) is 12.8 Å². The first-order valence-electron chi connectivity index (χ1n) is 8.92. The van der Waals surface area contributed by atoms with E-state index in [2.05, 4.69) is 20.1 Å². The number of carbonyl (C=O) groups excluding carboxylic acids is 1. The van der Waals surface area contributed by atoms with E-state index in [1.54, 1.807) is 13.2 Å². The lowest BCUT2D eigenvalue weighted by Gasteiger charge is -2.44. The molecule has 3 heteroatoms. The van der Waals surface area contributed by atoms with Gasteiger partial charge in [0, 0.05) is 24.9 Å². The summed E-state index contributed by atoms with van der Waals surface area (Å²) >= 11 is 0. The SMILES string of the molecule is C=CC1=C([C@@H](OC)[C@@H]2CC[C@@]3(C)C[C@]2(O)CC3=C)CC(=O)C1(C)C. The van der Waals surface area contributed by atoms with Gasteiger partial charge in [-0.25, -0.2) is 0 Å². The van der Waals surface area contributed by atoms with Crippen LogP contribution in [-0.2, 0) is 9.53 Å². The predicted octanol–water partition coefficient (Wildman–Crippen LogP) is 3.98. The zero-order chi connectivity index (χ0) is 17.9. The van der Waals surface area contributed by atoms with Crippen LogP contribution in [0, 0.1) is 16.7 Å². The monoisotopic (exact) mass is 330 g/mol. The molecule has 2 bridgehead atoms. The Balaban J connectivity index is 2.00. The molecular formula is C21H30O3. The van der Waals surface area contributed by atoms with E-state index in [4.69, 9.17) is 4.74 Å². The minimum absolute atomic E-state index is 0.00137. The van der Waals surface area contributed by atoms with Crippen molar-refractivity contribution >= 4 is 5.78 Å². The number of carbonyl (C=O) groups is 1. The third kappa shape index (κ3) is 2.28. The largest absolute Gasteiger partial charge is 0.389 e. The molecule has 0 saturated heterocycles. The summed E-state index contributed by atoms with van der Waals surface area (Å²) in [6, 6.07) is 0. The Morgan fingerprint density at radius 2 is 2.04 bits per heavy atom. The highest BCUT2D eigenvalue weighted by molar-refractivity contribution is 5.94. The molecule has 3 aliphatic carbocycles. The molecule has 3 nitrogen and oxygen atoms in total. The van der Waals surface area contributed by atoms with Gasteiger partial charge in [0.15, 0.2) is 0 Å². The maximum absolute atomic E-state index is 12.5. The van der Waals surface area contributed by atoms with Crippen LogP contribution < -0.4 is 0 Å². The van der Waals surface area contributed by atoms with Crippen molar-refractivity contribution in [3.05, 3.63) is 36.0 Å². The molecule has 132 valence electrons. The van der Waals surface area contributed by atoms with Crippen molar-refractivity contribution in [1.82, 2.24) is 0 Å². The highest BCUT2D eigenvalue weighted by atomic mass is 16.5. The lowest BCUT2D eigenvalue weighted by atomic mass is 9.66. The van der Waals surface area contributed by atoms with Crippen molar-refractivity contribution in [2.45, 2.75) is 64.6 Å². The molecule has 0 aliphatic heterocycles. The average molecular weight is 330 g/mol. The summed E-state index contributed by atoms with van der Waals surface area (Å²) < 4.78 is 5.88. The summed E-state index contributed by atoms with van der Waals surface area (Å²) in [7, 11) is 1.69. The average Bonchev–Trinajstić information content (AvgIpc) is 2.82. The van der Waals surface area contributed by atoms with Gasteiger partial charge in [0.05, 0.1) is 11.7 Å². The Bertz CT molecular complexity index is 641. The summed E-state index contributed by atoms with van der Waals surface area (Å²) in [5.41, 5.74) is 1.90. The molecule has 3 rings (SSSR count). The molecule has 0 spiro atoms. The number of methoxy groups -OCH3 is 1. The molecule has 0 aromatic rings. The first-order valence-corrected chi connectivity index (χ1v) is 8.92. The van der Waals surface area contributed by atoms with Crippen molar-refractivity contribution in [3.63, 3.8) is 0 Å². The molecule has 0 heterocycles. The number of aliphatic hydroxyl groups is 1. The van der Waals surface area contributed by atoms with Gasteiger partial charge >= 0.3 is 0 Å². The maximum Gasteiger partial charge on any atom is 0.146 e. The zero-order valence-electron chi connectivity index (χ0n) is 15.4. The van der Waals surface area contributed by atoms with E-state index < -0.39 is 11.0 Å². The minimum Gasteiger partial charge on any atom is -0.389 e. The Kier molecular flexibility index (Phi) is 3.97. The summed E-state index contributed by atoms with van der Waals surface area (Å²) in [6.07, 6.45) is 5.28. The Labute approximate surface area is 145 Å². The molecule has 0 aromatic carbocycles. The summed E-state index contributed by atoms with van der Waals surface area (Å²) in [4.78, 5) is 12.5. The van der Waals surface area contributed by atoms with Crippen LogP contribution in [0.4, 0.5) is 0 Å². The summed E-state index contributed by atoms with van der Waals surface area (Å²) in [6.45, 7) is 14.3. The van der Waals surface area contributed by atoms with Gasteiger partial charge in [0.2, 0.25) is 0 Å². The molecule has 1 N–H and O–H groups in total. The first kappa shape index (κ1) is 17.6. The van der Waals surface area contributed by atoms with Crippen LogP contribution in [0.15, 0.2) is 36.0 Å². The van der Waals surface area contributed by atoms with Crippen molar-refractivity contribution in [2.24, 2.45) is 16.7 Å². The van der Waals surface area contributed by atoms with Crippen LogP contribution >= 0.6 is 0 Å². The van der Waals surface area contributed by atoms with Crippen molar-refractivity contribution in [2.75, 3.05) is 7.11 Å². The van der Waals surface area contributed by atoms with Crippen LogP contribution in [0.5, 0.6) is 0 Å². The van der Waals surface area contributed by atoms with Gasteiger partial charge in [-0.05, 0) is 56.1 Å². The molecule has 2 fully saturated rings. The Hall–Kier alpha value is -1.19. The van der Waals surface area contributed by atoms with Gasteiger partial charge in [-0.15, -0.1) is 0 Å². The number of ketones is 1. The third-order valence-corrected chi connectivity index (χ3v) is 7.00. The normalized spacial score (nSPS) is 39.5. The Morgan fingerprint density at radius 1 is 1.38 bits per heavy atom. The van der Waals surface area contributed by atoms with E-state index in [1.165, 1.54) is 0 Å². The van der Waals surface area contributed by atoms with Crippen molar-refractivity contribution in [1.29, 1.82) is 0 Å². The van der Waals surface area contributed by atoms with E-state index in [0.717, 1.165) is 36.0 Å². The molecule has 3 aliphatic rings. The second kappa shape index (κ2) is 5.40. The number of fused-ring (bicyclic) bond motifs is 2.